The molecule has 0 heterocycles. The van der Waals surface area contributed by atoms with E-state index in [1.165, 1.54) is 69.4 Å². The molecule has 0 radical (unpaired) electrons. The van der Waals surface area contributed by atoms with Crippen LogP contribution >= 0.6 is 0 Å². The molecular formula is C51H83N3O2. The van der Waals surface area contributed by atoms with E-state index in [1.54, 1.807) is 0 Å². The molecule has 0 unspecified atom stereocenters. The third kappa shape index (κ3) is 36.1. The number of unbranched alkanes of at least 4 members (excludes halogenated alkanes) is 2. The number of carbonyl (C=O) groups is 1. The zero-order valence-electron chi connectivity index (χ0n) is 37.9. The Morgan fingerprint density at radius 3 is 1.04 bits per heavy atom. The molecule has 5 heteroatoms. The van der Waals surface area contributed by atoms with Gasteiger partial charge in [-0.1, -0.05) is 110 Å². The Labute approximate surface area is 345 Å². The summed E-state index contributed by atoms with van der Waals surface area (Å²) in [6.45, 7) is 23.2. The van der Waals surface area contributed by atoms with E-state index in [0.717, 1.165) is 103 Å². The molecular weight excluding hydrogens is 687 g/mol. The number of hydrogen-bond acceptors (Lipinski definition) is 3. The van der Waals surface area contributed by atoms with E-state index in [2.05, 4.69) is 128 Å². The molecule has 56 heavy (non-hydrogen) atoms. The Morgan fingerprint density at radius 2 is 0.732 bits per heavy atom. The first kappa shape index (κ1) is 52.4. The summed E-state index contributed by atoms with van der Waals surface area (Å²) < 4.78 is 5.33. The summed E-state index contributed by atoms with van der Waals surface area (Å²) >= 11 is 0. The van der Waals surface area contributed by atoms with Crippen molar-refractivity contribution in [3.63, 3.8) is 0 Å². The summed E-state index contributed by atoms with van der Waals surface area (Å²) in [7, 11) is 0. The number of ether oxygens (including phenoxy) is 1. The van der Waals surface area contributed by atoms with E-state index in [-0.39, 0.29) is 5.97 Å². The highest BCUT2D eigenvalue weighted by atomic mass is 16.5. The number of hydrogen-bond donors (Lipinski definition) is 0. The van der Waals surface area contributed by atoms with E-state index in [4.69, 9.17) is 10.3 Å². The summed E-state index contributed by atoms with van der Waals surface area (Å²) in [5, 5.41) is 3.51. The third-order valence-electron chi connectivity index (χ3n) is 10.2. The SMILES string of the molecule is CC(C)=CCC/C(C)=C/CC/C(C)=C/CC/C(C)=C/CC/C(C)=C/CC/C(C)=C/CC/C(C)=C/CC/C(C)=C/CC/C(C)=C/COC(=O)CCCCCN=[N+]=[N-]. The van der Waals surface area contributed by atoms with Gasteiger partial charge >= 0.3 is 5.97 Å². The second-order valence-electron chi connectivity index (χ2n) is 16.4. The first-order valence-electron chi connectivity index (χ1n) is 21.9. The minimum atomic E-state index is -0.160. The van der Waals surface area contributed by atoms with Crippen molar-refractivity contribution in [1.29, 1.82) is 0 Å². The molecule has 0 saturated carbocycles. The van der Waals surface area contributed by atoms with Crippen molar-refractivity contribution >= 4 is 5.97 Å². The molecule has 314 valence electrons. The molecule has 0 rings (SSSR count). The predicted molar refractivity (Wildman–Crippen MR) is 247 cm³/mol. The predicted octanol–water partition coefficient (Wildman–Crippen LogP) is 17.2. The van der Waals surface area contributed by atoms with Gasteiger partial charge in [-0.05, 0) is 196 Å². The van der Waals surface area contributed by atoms with Gasteiger partial charge in [0.2, 0.25) is 0 Å². The average Bonchev–Trinajstić information content (AvgIpc) is 3.13. The Bertz CT molecular complexity index is 1430. The molecule has 0 aromatic rings. The number of azide groups is 1. The zero-order chi connectivity index (χ0) is 41.8. The Kier molecular flexibility index (Phi) is 33.5. The first-order valence-corrected chi connectivity index (χ1v) is 21.9. The van der Waals surface area contributed by atoms with Crippen LogP contribution < -0.4 is 0 Å². The standard InChI is InChI=1S/C51H83N3O2/c1-42(2)22-14-23-43(3)24-15-25-44(4)26-16-27-45(5)28-17-29-46(6)30-18-31-47(7)32-19-33-48(8)34-20-35-49(9)36-21-37-50(10)39-41-56-51(55)38-12-11-13-40-53-54-52/h22,24,26,28,30,32,34,36,39H,11-21,23,25,27,29,31,33,35,37-38,40-41H2,1-10H3/b43-24+,44-26+,45-28+,46-30+,47-32+,48-34+,49-36+,50-39+. The largest absolute Gasteiger partial charge is 0.461 e. The van der Waals surface area contributed by atoms with Gasteiger partial charge in [0.15, 0.2) is 0 Å². The van der Waals surface area contributed by atoms with Crippen molar-refractivity contribution in [2.75, 3.05) is 13.2 Å². The maximum absolute atomic E-state index is 11.9. The van der Waals surface area contributed by atoms with Gasteiger partial charge in [0.25, 0.3) is 0 Å². The molecule has 0 atom stereocenters. The topological polar surface area (TPSA) is 75.1 Å². The van der Waals surface area contributed by atoms with Crippen molar-refractivity contribution in [2.24, 2.45) is 5.11 Å². The van der Waals surface area contributed by atoms with Gasteiger partial charge in [-0.3, -0.25) is 4.79 Å². The smallest absolute Gasteiger partial charge is 0.306 e. The van der Waals surface area contributed by atoms with Crippen LogP contribution in [0.25, 0.3) is 10.4 Å². The number of allylic oxidation sites excluding steroid dienone is 17. The monoisotopic (exact) mass is 770 g/mol. The van der Waals surface area contributed by atoms with Gasteiger partial charge in [-0.2, -0.15) is 0 Å². The van der Waals surface area contributed by atoms with Crippen LogP contribution in [0, 0.1) is 0 Å². The van der Waals surface area contributed by atoms with Gasteiger partial charge in [0.05, 0.1) is 0 Å². The molecule has 5 nitrogen and oxygen atoms in total. The Balaban J connectivity index is 4.20. The lowest BCUT2D eigenvalue weighted by molar-refractivity contribution is -0.142. The van der Waals surface area contributed by atoms with Gasteiger partial charge in [0, 0.05) is 17.9 Å². The highest BCUT2D eigenvalue weighted by molar-refractivity contribution is 5.69. The van der Waals surface area contributed by atoms with Gasteiger partial charge in [-0.25, -0.2) is 0 Å². The van der Waals surface area contributed by atoms with Crippen molar-refractivity contribution in [2.45, 2.75) is 198 Å². The number of rotatable bonds is 32. The second-order valence-corrected chi connectivity index (χ2v) is 16.4. The highest BCUT2D eigenvalue weighted by Crippen LogP contribution is 2.18. The maximum Gasteiger partial charge on any atom is 0.306 e. The van der Waals surface area contributed by atoms with Crippen molar-refractivity contribution in [3.05, 3.63) is 115 Å². The van der Waals surface area contributed by atoms with Crippen LogP contribution in [0.5, 0.6) is 0 Å². The molecule has 0 aromatic carbocycles. The molecule has 0 bridgehead atoms. The van der Waals surface area contributed by atoms with E-state index in [1.807, 2.05) is 6.08 Å². The Hall–Kier alpha value is -3.56. The molecule has 0 fully saturated rings. The molecule has 0 aliphatic carbocycles. The quantitative estimate of drug-likeness (QED) is 0.0171. The molecule has 0 saturated heterocycles. The number of carbonyl (C=O) groups excluding carboxylic acids is 1. The van der Waals surface area contributed by atoms with Crippen LogP contribution in [-0.2, 0) is 9.53 Å². The molecule has 0 spiro atoms. The second kappa shape index (κ2) is 35.8. The van der Waals surface area contributed by atoms with E-state index in [9.17, 15) is 4.79 Å². The van der Waals surface area contributed by atoms with Crippen molar-refractivity contribution in [3.8, 4) is 0 Å². The lowest BCUT2D eigenvalue weighted by atomic mass is 10.0. The summed E-state index contributed by atoms with van der Waals surface area (Å²) in [4.78, 5) is 14.6. The molecule has 0 aliphatic rings. The van der Waals surface area contributed by atoms with Crippen LogP contribution in [-0.4, -0.2) is 19.1 Å². The number of nitrogens with zero attached hydrogens (tertiary/aromatic N) is 3. The van der Waals surface area contributed by atoms with Crippen LogP contribution in [0.15, 0.2) is 110 Å². The lowest BCUT2D eigenvalue weighted by Gasteiger charge is -2.04. The summed E-state index contributed by atoms with van der Waals surface area (Å²) in [5.74, 6) is -0.160. The maximum atomic E-state index is 11.9. The molecule has 0 aliphatic heterocycles. The van der Waals surface area contributed by atoms with Crippen LogP contribution in [0.2, 0.25) is 0 Å². The summed E-state index contributed by atoms with van der Waals surface area (Å²) in [6.07, 6.45) is 42.2. The molecule has 0 N–H and O–H groups in total. The fraction of sp³-hybridized carbons (Fsp3) is 0.627. The lowest BCUT2D eigenvalue weighted by Crippen LogP contribution is -2.04. The van der Waals surface area contributed by atoms with Crippen LogP contribution in [0.3, 0.4) is 0 Å². The van der Waals surface area contributed by atoms with Crippen molar-refractivity contribution < 1.29 is 9.53 Å². The fourth-order valence-corrected chi connectivity index (χ4v) is 6.25. The summed E-state index contributed by atoms with van der Waals surface area (Å²) in [6, 6.07) is 0. The minimum Gasteiger partial charge on any atom is -0.461 e. The van der Waals surface area contributed by atoms with Gasteiger partial charge in [-0.15, -0.1) is 0 Å². The Morgan fingerprint density at radius 1 is 0.429 bits per heavy atom. The van der Waals surface area contributed by atoms with E-state index < -0.39 is 0 Å². The molecule has 0 aromatic heterocycles. The van der Waals surface area contributed by atoms with E-state index in [0.29, 0.717) is 19.6 Å². The van der Waals surface area contributed by atoms with Gasteiger partial charge < -0.3 is 4.74 Å². The third-order valence-corrected chi connectivity index (χ3v) is 10.2. The van der Waals surface area contributed by atoms with Gasteiger partial charge in [0.1, 0.15) is 6.61 Å². The fourth-order valence-electron chi connectivity index (χ4n) is 6.25. The first-order chi connectivity index (χ1) is 26.8. The average molecular weight is 770 g/mol. The minimum absolute atomic E-state index is 0.160. The molecule has 0 amide bonds. The highest BCUT2D eigenvalue weighted by Gasteiger charge is 2.02. The summed E-state index contributed by atoms with van der Waals surface area (Å²) in [5.41, 5.74) is 21.4. The number of esters is 1. The van der Waals surface area contributed by atoms with Crippen LogP contribution in [0.1, 0.15) is 198 Å². The van der Waals surface area contributed by atoms with Crippen molar-refractivity contribution in [1.82, 2.24) is 0 Å². The van der Waals surface area contributed by atoms with Crippen LogP contribution in [0.4, 0.5) is 0 Å². The van der Waals surface area contributed by atoms with E-state index >= 15 is 0 Å². The normalized spacial score (nSPS) is 13.9. The zero-order valence-corrected chi connectivity index (χ0v) is 37.9.